The Bertz CT molecular complexity index is 900. The van der Waals surface area contributed by atoms with E-state index >= 15 is 0 Å². The van der Waals surface area contributed by atoms with E-state index in [4.69, 9.17) is 9.47 Å². The van der Waals surface area contributed by atoms with Gasteiger partial charge in [0.25, 0.3) is 5.91 Å². The minimum atomic E-state index is -0.198. The van der Waals surface area contributed by atoms with E-state index in [1.807, 2.05) is 37.3 Å². The molecule has 0 atom stereocenters. The fourth-order valence-corrected chi connectivity index (χ4v) is 2.53. The van der Waals surface area contributed by atoms with Gasteiger partial charge in [-0.15, -0.1) is 0 Å². The SMILES string of the molecule is Cc1cc(-c2ccc(NC(=O)c3ccc4c(c3)OCO4)cc2)n[nH]1. The minimum absolute atomic E-state index is 0.189. The highest BCUT2D eigenvalue weighted by Gasteiger charge is 2.16. The molecule has 0 fully saturated rings. The van der Waals surface area contributed by atoms with Crippen LogP contribution in [0.25, 0.3) is 11.3 Å². The lowest BCUT2D eigenvalue weighted by Gasteiger charge is -2.06. The molecule has 3 aromatic rings. The molecule has 24 heavy (non-hydrogen) atoms. The van der Waals surface area contributed by atoms with Gasteiger partial charge in [-0.1, -0.05) is 12.1 Å². The molecule has 0 spiro atoms. The molecule has 0 bridgehead atoms. The van der Waals surface area contributed by atoms with E-state index in [1.165, 1.54) is 0 Å². The number of benzene rings is 2. The average molecular weight is 321 g/mol. The van der Waals surface area contributed by atoms with E-state index in [0.717, 1.165) is 17.0 Å². The summed E-state index contributed by atoms with van der Waals surface area (Å²) in [6, 6.07) is 14.6. The molecule has 2 N–H and O–H groups in total. The molecule has 2 aromatic carbocycles. The van der Waals surface area contributed by atoms with Crippen LogP contribution in [0, 0.1) is 6.92 Å². The van der Waals surface area contributed by atoms with E-state index in [-0.39, 0.29) is 12.7 Å². The molecule has 0 saturated carbocycles. The van der Waals surface area contributed by atoms with Crippen molar-refractivity contribution in [2.75, 3.05) is 12.1 Å². The zero-order valence-electron chi connectivity index (χ0n) is 13.0. The van der Waals surface area contributed by atoms with Gasteiger partial charge in [-0.25, -0.2) is 0 Å². The number of carbonyl (C=O) groups is 1. The van der Waals surface area contributed by atoms with Gasteiger partial charge in [-0.3, -0.25) is 9.89 Å². The highest BCUT2D eigenvalue weighted by molar-refractivity contribution is 6.04. The molecule has 0 saturated heterocycles. The lowest BCUT2D eigenvalue weighted by atomic mass is 10.1. The zero-order valence-corrected chi connectivity index (χ0v) is 13.0. The van der Waals surface area contributed by atoms with Gasteiger partial charge in [0.15, 0.2) is 11.5 Å². The highest BCUT2D eigenvalue weighted by atomic mass is 16.7. The number of nitrogens with one attached hydrogen (secondary N) is 2. The van der Waals surface area contributed by atoms with Crippen LogP contribution in [-0.4, -0.2) is 22.9 Å². The Morgan fingerprint density at radius 2 is 1.88 bits per heavy atom. The second kappa shape index (κ2) is 5.73. The maximum Gasteiger partial charge on any atom is 0.255 e. The molecule has 1 aliphatic rings. The summed E-state index contributed by atoms with van der Waals surface area (Å²) >= 11 is 0. The number of nitrogens with zero attached hydrogens (tertiary/aromatic N) is 1. The van der Waals surface area contributed by atoms with Crippen LogP contribution in [0.3, 0.4) is 0 Å². The molecule has 4 rings (SSSR count). The Morgan fingerprint density at radius 3 is 2.62 bits per heavy atom. The van der Waals surface area contributed by atoms with E-state index < -0.39 is 0 Å². The molecule has 1 aliphatic heterocycles. The summed E-state index contributed by atoms with van der Waals surface area (Å²) in [6.45, 7) is 2.14. The molecule has 0 aliphatic carbocycles. The Morgan fingerprint density at radius 1 is 1.08 bits per heavy atom. The summed E-state index contributed by atoms with van der Waals surface area (Å²) in [5, 5.41) is 10.0. The van der Waals surface area contributed by atoms with Gasteiger partial charge < -0.3 is 14.8 Å². The molecule has 0 radical (unpaired) electrons. The summed E-state index contributed by atoms with van der Waals surface area (Å²) in [5.74, 6) is 1.05. The van der Waals surface area contributed by atoms with Gasteiger partial charge in [0.05, 0.1) is 5.69 Å². The van der Waals surface area contributed by atoms with Crippen LogP contribution in [0.5, 0.6) is 11.5 Å². The zero-order chi connectivity index (χ0) is 16.5. The van der Waals surface area contributed by atoms with Crippen LogP contribution in [-0.2, 0) is 0 Å². The number of H-pyrrole nitrogens is 1. The number of hydrogen-bond acceptors (Lipinski definition) is 4. The van der Waals surface area contributed by atoms with Crippen LogP contribution in [0.1, 0.15) is 16.1 Å². The number of carbonyl (C=O) groups excluding carboxylic acids is 1. The topological polar surface area (TPSA) is 76.2 Å². The van der Waals surface area contributed by atoms with Crippen molar-refractivity contribution < 1.29 is 14.3 Å². The number of rotatable bonds is 3. The number of ether oxygens (including phenoxy) is 2. The van der Waals surface area contributed by atoms with E-state index in [1.54, 1.807) is 18.2 Å². The molecule has 2 heterocycles. The normalized spacial score (nSPS) is 12.2. The Labute approximate surface area is 138 Å². The largest absolute Gasteiger partial charge is 0.454 e. The smallest absolute Gasteiger partial charge is 0.255 e. The van der Waals surface area contributed by atoms with Gasteiger partial charge in [-0.05, 0) is 43.3 Å². The molecule has 0 unspecified atom stereocenters. The first-order valence-corrected chi connectivity index (χ1v) is 7.52. The molecule has 120 valence electrons. The van der Waals surface area contributed by atoms with Gasteiger partial charge in [0, 0.05) is 22.5 Å². The third kappa shape index (κ3) is 2.69. The Kier molecular flexibility index (Phi) is 3.42. The monoisotopic (exact) mass is 321 g/mol. The summed E-state index contributed by atoms with van der Waals surface area (Å²) in [4.78, 5) is 12.3. The lowest BCUT2D eigenvalue weighted by Crippen LogP contribution is -2.11. The van der Waals surface area contributed by atoms with Crippen molar-refractivity contribution in [2.45, 2.75) is 6.92 Å². The quantitative estimate of drug-likeness (QED) is 0.775. The van der Waals surface area contributed by atoms with Crippen molar-refractivity contribution in [3.63, 3.8) is 0 Å². The van der Waals surface area contributed by atoms with E-state index in [0.29, 0.717) is 22.7 Å². The van der Waals surface area contributed by atoms with E-state index in [9.17, 15) is 4.79 Å². The predicted molar refractivity (Wildman–Crippen MR) is 89.3 cm³/mol. The second-order valence-corrected chi connectivity index (χ2v) is 5.54. The van der Waals surface area contributed by atoms with Gasteiger partial charge in [0.1, 0.15) is 0 Å². The van der Waals surface area contributed by atoms with Crippen molar-refractivity contribution in [3.05, 3.63) is 59.8 Å². The van der Waals surface area contributed by atoms with Crippen LogP contribution < -0.4 is 14.8 Å². The van der Waals surface area contributed by atoms with Crippen LogP contribution in [0.2, 0.25) is 0 Å². The number of hydrogen-bond donors (Lipinski definition) is 2. The summed E-state index contributed by atoms with van der Waals surface area (Å²) in [7, 11) is 0. The molecule has 1 aromatic heterocycles. The van der Waals surface area contributed by atoms with Gasteiger partial charge in [0.2, 0.25) is 6.79 Å². The van der Waals surface area contributed by atoms with E-state index in [2.05, 4.69) is 15.5 Å². The number of aryl methyl sites for hydroxylation is 1. The van der Waals surface area contributed by atoms with Crippen LogP contribution in [0.15, 0.2) is 48.5 Å². The molecule has 1 amide bonds. The fraction of sp³-hybridized carbons (Fsp3) is 0.111. The first-order valence-electron chi connectivity index (χ1n) is 7.52. The number of fused-ring (bicyclic) bond motifs is 1. The average Bonchev–Trinajstić information content (AvgIpc) is 3.23. The van der Waals surface area contributed by atoms with Gasteiger partial charge in [-0.2, -0.15) is 5.10 Å². The maximum absolute atomic E-state index is 12.3. The number of aromatic nitrogens is 2. The molecular weight excluding hydrogens is 306 g/mol. The van der Waals surface area contributed by atoms with Crippen molar-refractivity contribution in [1.82, 2.24) is 10.2 Å². The standard InChI is InChI=1S/C18H15N3O3/c1-11-8-15(21-20-11)12-2-5-14(6-3-12)19-18(22)13-4-7-16-17(9-13)24-10-23-16/h2-9H,10H2,1H3,(H,19,22)(H,20,21). The first kappa shape index (κ1) is 14.3. The maximum atomic E-state index is 12.3. The summed E-state index contributed by atoms with van der Waals surface area (Å²) < 4.78 is 10.5. The summed E-state index contributed by atoms with van der Waals surface area (Å²) in [5.41, 5.74) is 4.10. The van der Waals surface area contributed by atoms with Crippen molar-refractivity contribution in [1.29, 1.82) is 0 Å². The number of aromatic amines is 1. The molecule has 6 heteroatoms. The molecule has 6 nitrogen and oxygen atoms in total. The third-order valence-corrected chi connectivity index (χ3v) is 3.78. The van der Waals surface area contributed by atoms with Crippen LogP contribution >= 0.6 is 0 Å². The fourth-order valence-electron chi connectivity index (χ4n) is 2.53. The predicted octanol–water partition coefficient (Wildman–Crippen LogP) is 3.37. The third-order valence-electron chi connectivity index (χ3n) is 3.78. The lowest BCUT2D eigenvalue weighted by molar-refractivity contribution is 0.102. The van der Waals surface area contributed by atoms with Crippen molar-refractivity contribution >= 4 is 11.6 Å². The first-order chi connectivity index (χ1) is 11.7. The van der Waals surface area contributed by atoms with Crippen molar-refractivity contribution in [2.24, 2.45) is 0 Å². The summed E-state index contributed by atoms with van der Waals surface area (Å²) in [6.07, 6.45) is 0. The van der Waals surface area contributed by atoms with Crippen LogP contribution in [0.4, 0.5) is 5.69 Å². The second-order valence-electron chi connectivity index (χ2n) is 5.54. The van der Waals surface area contributed by atoms with Crippen molar-refractivity contribution in [3.8, 4) is 22.8 Å². The van der Waals surface area contributed by atoms with Gasteiger partial charge >= 0.3 is 0 Å². The Hall–Kier alpha value is -3.28. The molecular formula is C18H15N3O3. The minimum Gasteiger partial charge on any atom is -0.454 e. The number of amides is 1. The Balaban J connectivity index is 1.49. The highest BCUT2D eigenvalue weighted by Crippen LogP contribution is 2.32. The number of anilines is 1.